The topological polar surface area (TPSA) is 46.6 Å². The number of carbonyl (C=O) groups excluding carboxylic acids is 2. The largest absolute Gasteiger partial charge is 0.466 e. The van der Waals surface area contributed by atoms with Crippen LogP contribution in [0.3, 0.4) is 0 Å². The van der Waals surface area contributed by atoms with Crippen LogP contribution in [0.4, 0.5) is 0 Å². The normalized spacial score (nSPS) is 18.7. The summed E-state index contributed by atoms with van der Waals surface area (Å²) in [5, 5.41) is 0. The van der Waals surface area contributed by atoms with Gasteiger partial charge in [0.25, 0.3) is 5.91 Å². The van der Waals surface area contributed by atoms with Crippen molar-refractivity contribution < 1.29 is 14.3 Å². The predicted octanol–water partition coefficient (Wildman–Crippen LogP) is 2.41. The first-order chi connectivity index (χ1) is 9.61. The number of hydrogen-bond acceptors (Lipinski definition) is 3. The van der Waals surface area contributed by atoms with Crippen molar-refractivity contribution in [3.63, 3.8) is 0 Å². The van der Waals surface area contributed by atoms with Crippen LogP contribution in [-0.2, 0) is 9.53 Å². The molecule has 1 aliphatic heterocycles. The summed E-state index contributed by atoms with van der Waals surface area (Å²) < 4.78 is 5.05. The molecule has 0 spiro atoms. The second-order valence-corrected chi connectivity index (χ2v) is 5.21. The first-order valence-corrected chi connectivity index (χ1v) is 7.14. The van der Waals surface area contributed by atoms with Crippen molar-refractivity contribution in [3.8, 4) is 0 Å². The van der Waals surface area contributed by atoms with Gasteiger partial charge in [-0.15, -0.1) is 0 Å². The quantitative estimate of drug-likeness (QED) is 0.796. The molecule has 1 heterocycles. The molecule has 0 bridgehead atoms. The van der Waals surface area contributed by atoms with Gasteiger partial charge in [0, 0.05) is 18.7 Å². The van der Waals surface area contributed by atoms with Crippen molar-refractivity contribution in [3.05, 3.63) is 35.4 Å². The molecule has 0 aromatic heterocycles. The van der Waals surface area contributed by atoms with Crippen LogP contribution < -0.4 is 0 Å². The van der Waals surface area contributed by atoms with Crippen molar-refractivity contribution in [1.82, 2.24) is 4.90 Å². The average molecular weight is 275 g/mol. The average Bonchev–Trinajstić information content (AvgIpc) is 2.48. The third-order valence-corrected chi connectivity index (χ3v) is 3.63. The fraction of sp³-hybridized carbons (Fsp3) is 0.500. The molecule has 1 aliphatic rings. The van der Waals surface area contributed by atoms with E-state index in [0.29, 0.717) is 25.3 Å². The first kappa shape index (κ1) is 14.6. The molecular weight excluding hydrogens is 254 g/mol. The van der Waals surface area contributed by atoms with Gasteiger partial charge < -0.3 is 9.64 Å². The van der Waals surface area contributed by atoms with Crippen LogP contribution in [0.5, 0.6) is 0 Å². The van der Waals surface area contributed by atoms with Gasteiger partial charge in [-0.1, -0.05) is 17.7 Å². The summed E-state index contributed by atoms with van der Waals surface area (Å²) >= 11 is 0. The lowest BCUT2D eigenvalue weighted by Gasteiger charge is -2.31. The van der Waals surface area contributed by atoms with Gasteiger partial charge >= 0.3 is 5.97 Å². The third kappa shape index (κ3) is 3.38. The molecule has 1 amide bonds. The number of amides is 1. The van der Waals surface area contributed by atoms with Gasteiger partial charge in [0.15, 0.2) is 0 Å². The number of ether oxygens (including phenoxy) is 1. The second kappa shape index (κ2) is 6.55. The number of likely N-dealkylation sites (tertiary alicyclic amines) is 1. The summed E-state index contributed by atoms with van der Waals surface area (Å²) in [5.74, 6) is -0.369. The van der Waals surface area contributed by atoms with Gasteiger partial charge in [0.1, 0.15) is 0 Å². The molecule has 0 unspecified atom stereocenters. The Labute approximate surface area is 119 Å². The van der Waals surface area contributed by atoms with E-state index in [2.05, 4.69) is 0 Å². The maximum atomic E-state index is 12.4. The molecule has 0 radical (unpaired) electrons. The van der Waals surface area contributed by atoms with Crippen LogP contribution in [0.25, 0.3) is 0 Å². The number of carbonyl (C=O) groups is 2. The molecule has 1 aromatic rings. The van der Waals surface area contributed by atoms with Gasteiger partial charge in [-0.25, -0.2) is 0 Å². The van der Waals surface area contributed by atoms with Crippen LogP contribution >= 0.6 is 0 Å². The zero-order valence-electron chi connectivity index (χ0n) is 12.1. The zero-order chi connectivity index (χ0) is 14.5. The Morgan fingerprint density at radius 1 is 1.30 bits per heavy atom. The molecule has 1 fully saturated rings. The minimum absolute atomic E-state index is 0.000927. The Morgan fingerprint density at radius 3 is 2.65 bits per heavy atom. The predicted molar refractivity (Wildman–Crippen MR) is 76.4 cm³/mol. The molecular formula is C16H21NO3. The van der Waals surface area contributed by atoms with Gasteiger partial charge in [0.05, 0.1) is 12.5 Å². The summed E-state index contributed by atoms with van der Waals surface area (Å²) in [5.41, 5.74) is 1.81. The summed E-state index contributed by atoms with van der Waals surface area (Å²) in [6.45, 7) is 5.36. The highest BCUT2D eigenvalue weighted by Crippen LogP contribution is 2.20. The maximum absolute atomic E-state index is 12.4. The van der Waals surface area contributed by atoms with E-state index in [1.54, 1.807) is 11.8 Å². The van der Waals surface area contributed by atoms with E-state index in [1.165, 1.54) is 0 Å². The Hall–Kier alpha value is -1.84. The SMILES string of the molecule is CCOC(=O)[C@@H]1CCCN(C(=O)c2ccc(C)cc2)C1. The highest BCUT2D eigenvalue weighted by atomic mass is 16.5. The van der Waals surface area contributed by atoms with Crippen molar-refractivity contribution in [1.29, 1.82) is 0 Å². The number of rotatable bonds is 3. The van der Waals surface area contributed by atoms with E-state index >= 15 is 0 Å². The fourth-order valence-corrected chi connectivity index (χ4v) is 2.49. The lowest BCUT2D eigenvalue weighted by molar-refractivity contribution is -0.149. The first-order valence-electron chi connectivity index (χ1n) is 7.14. The minimum Gasteiger partial charge on any atom is -0.466 e. The molecule has 1 aromatic carbocycles. The smallest absolute Gasteiger partial charge is 0.310 e. The molecule has 108 valence electrons. The van der Waals surface area contributed by atoms with Gasteiger partial charge in [-0.3, -0.25) is 9.59 Å². The van der Waals surface area contributed by atoms with Gasteiger partial charge in [-0.05, 0) is 38.8 Å². The summed E-state index contributed by atoms with van der Waals surface area (Å²) in [7, 11) is 0. The fourth-order valence-electron chi connectivity index (χ4n) is 2.49. The second-order valence-electron chi connectivity index (χ2n) is 5.21. The molecule has 1 saturated heterocycles. The Kier molecular flexibility index (Phi) is 4.77. The molecule has 0 N–H and O–H groups in total. The van der Waals surface area contributed by atoms with Crippen molar-refractivity contribution in [2.24, 2.45) is 5.92 Å². The summed E-state index contributed by atoms with van der Waals surface area (Å²) in [6, 6.07) is 7.54. The lowest BCUT2D eigenvalue weighted by atomic mass is 9.97. The van der Waals surface area contributed by atoms with Crippen LogP contribution in [0.1, 0.15) is 35.7 Å². The number of nitrogens with zero attached hydrogens (tertiary/aromatic N) is 1. The van der Waals surface area contributed by atoms with Gasteiger partial charge in [-0.2, -0.15) is 0 Å². The number of benzene rings is 1. The number of aryl methyl sites for hydroxylation is 1. The van der Waals surface area contributed by atoms with Crippen LogP contribution in [0.15, 0.2) is 24.3 Å². The highest BCUT2D eigenvalue weighted by molar-refractivity contribution is 5.94. The van der Waals surface area contributed by atoms with E-state index in [9.17, 15) is 9.59 Å². The molecule has 2 rings (SSSR count). The molecule has 4 heteroatoms. The molecule has 0 saturated carbocycles. The maximum Gasteiger partial charge on any atom is 0.310 e. The standard InChI is InChI=1S/C16H21NO3/c1-3-20-16(19)14-5-4-10-17(11-14)15(18)13-8-6-12(2)7-9-13/h6-9,14H,3-5,10-11H2,1-2H3/t14-/m1/s1. The monoisotopic (exact) mass is 275 g/mol. The lowest BCUT2D eigenvalue weighted by Crippen LogP contribution is -2.42. The molecule has 1 atom stereocenters. The Bertz CT molecular complexity index is 481. The molecule has 0 aliphatic carbocycles. The van der Waals surface area contributed by atoms with Crippen LogP contribution in [-0.4, -0.2) is 36.5 Å². The minimum atomic E-state index is -0.186. The van der Waals surface area contributed by atoms with E-state index in [0.717, 1.165) is 18.4 Å². The van der Waals surface area contributed by atoms with Crippen molar-refractivity contribution in [2.75, 3.05) is 19.7 Å². The third-order valence-electron chi connectivity index (χ3n) is 3.63. The molecule has 4 nitrogen and oxygen atoms in total. The summed E-state index contributed by atoms with van der Waals surface area (Å²) in [4.78, 5) is 26.0. The summed E-state index contributed by atoms with van der Waals surface area (Å²) in [6.07, 6.45) is 1.65. The van der Waals surface area contributed by atoms with E-state index < -0.39 is 0 Å². The molecule has 20 heavy (non-hydrogen) atoms. The van der Waals surface area contributed by atoms with Crippen LogP contribution in [0, 0.1) is 12.8 Å². The number of esters is 1. The van der Waals surface area contributed by atoms with E-state index in [4.69, 9.17) is 4.74 Å². The Morgan fingerprint density at radius 2 is 2.00 bits per heavy atom. The van der Waals surface area contributed by atoms with Crippen molar-refractivity contribution >= 4 is 11.9 Å². The van der Waals surface area contributed by atoms with E-state index in [-0.39, 0.29) is 17.8 Å². The zero-order valence-corrected chi connectivity index (χ0v) is 12.1. The van der Waals surface area contributed by atoms with Crippen LogP contribution in [0.2, 0.25) is 0 Å². The highest BCUT2D eigenvalue weighted by Gasteiger charge is 2.29. The Balaban J connectivity index is 2.03. The number of hydrogen-bond donors (Lipinski definition) is 0. The van der Waals surface area contributed by atoms with Crippen molar-refractivity contribution in [2.45, 2.75) is 26.7 Å². The van der Waals surface area contributed by atoms with E-state index in [1.807, 2.05) is 31.2 Å². The number of piperidine rings is 1. The van der Waals surface area contributed by atoms with Gasteiger partial charge in [0.2, 0.25) is 0 Å².